The minimum atomic E-state index is 0. The van der Waals surface area contributed by atoms with Gasteiger partial charge >= 0.3 is 0 Å². The van der Waals surface area contributed by atoms with Gasteiger partial charge in [-0.1, -0.05) is 36.4 Å². The molecule has 1 nitrogen and oxygen atoms in total. The summed E-state index contributed by atoms with van der Waals surface area (Å²) in [4.78, 5) is 3.38. The molecule has 0 amide bonds. The van der Waals surface area contributed by atoms with Crippen molar-refractivity contribution >= 4 is 59.0 Å². The van der Waals surface area contributed by atoms with Gasteiger partial charge in [-0.3, -0.25) is 0 Å². The number of aromatic nitrogens is 1. The zero-order valence-electron chi connectivity index (χ0n) is 8.34. The summed E-state index contributed by atoms with van der Waals surface area (Å²) in [5.41, 5.74) is 2.42. The summed E-state index contributed by atoms with van der Waals surface area (Å²) < 4.78 is 0. The third-order valence-corrected chi connectivity index (χ3v) is 2.41. The number of fused-ring (bicyclic) bond motifs is 3. The monoisotopic (exact) mass is 275 g/mol. The fourth-order valence-corrected chi connectivity index (χ4v) is 1.80. The van der Waals surface area contributed by atoms with Crippen LogP contribution in [-0.2, 0) is 0 Å². The molecule has 0 aliphatic rings. The fraction of sp³-hybridized carbons (Fsp3) is 0. The van der Waals surface area contributed by atoms with Crippen LogP contribution in [-0.4, -0.2) is 4.98 Å². The maximum atomic E-state index is 3.38. The van der Waals surface area contributed by atoms with E-state index in [0.717, 1.165) is 0 Å². The van der Waals surface area contributed by atoms with Crippen LogP contribution in [0.3, 0.4) is 0 Å². The lowest BCUT2D eigenvalue weighted by Gasteiger charge is -1.87. The van der Waals surface area contributed by atoms with Crippen LogP contribution in [0.2, 0.25) is 0 Å². The average molecular weight is 277 g/mol. The second kappa shape index (κ2) is 6.00. The highest BCUT2D eigenvalue weighted by Crippen LogP contribution is 2.24. The topological polar surface area (TPSA) is 15.8 Å². The van der Waals surface area contributed by atoms with Crippen LogP contribution in [0.15, 0.2) is 48.5 Å². The van der Waals surface area contributed by atoms with Crippen molar-refractivity contribution in [1.29, 1.82) is 0 Å². The summed E-state index contributed by atoms with van der Waals surface area (Å²) in [6.07, 6.45) is 0. The van der Waals surface area contributed by atoms with Gasteiger partial charge in [0, 0.05) is 21.8 Å². The summed E-state index contributed by atoms with van der Waals surface area (Å²) in [6, 6.07) is 16.8. The van der Waals surface area contributed by atoms with E-state index in [1.54, 1.807) is 0 Å². The van der Waals surface area contributed by atoms with E-state index in [0.29, 0.717) is 0 Å². The molecule has 0 saturated carbocycles. The van der Waals surface area contributed by atoms with Crippen LogP contribution in [0, 0.1) is 0 Å². The largest absolute Gasteiger partial charge is 0.355 e. The van der Waals surface area contributed by atoms with Crippen LogP contribution >= 0.6 is 37.2 Å². The molecule has 3 aromatic rings. The van der Waals surface area contributed by atoms with Crippen molar-refractivity contribution in [2.45, 2.75) is 0 Å². The van der Waals surface area contributed by atoms with Gasteiger partial charge in [-0.2, -0.15) is 0 Å². The molecule has 0 fully saturated rings. The van der Waals surface area contributed by atoms with E-state index < -0.39 is 0 Å². The lowest BCUT2D eigenvalue weighted by Crippen LogP contribution is -1.62. The number of halogens is 3. The first-order valence-electron chi connectivity index (χ1n) is 4.40. The zero-order chi connectivity index (χ0) is 8.67. The molecule has 2 aromatic carbocycles. The molecular formula is C12H12Cl3N. The van der Waals surface area contributed by atoms with Crippen LogP contribution in [0.4, 0.5) is 0 Å². The zero-order valence-corrected chi connectivity index (χ0v) is 10.8. The highest BCUT2D eigenvalue weighted by Gasteiger charge is 2.00. The Morgan fingerprint density at radius 3 is 1.38 bits per heavy atom. The predicted octanol–water partition coefficient (Wildman–Crippen LogP) is 4.59. The maximum absolute atomic E-state index is 3.38. The summed E-state index contributed by atoms with van der Waals surface area (Å²) in [7, 11) is 0. The number of para-hydroxylation sites is 2. The Morgan fingerprint density at radius 2 is 0.938 bits per heavy atom. The van der Waals surface area contributed by atoms with Crippen molar-refractivity contribution < 1.29 is 0 Å². The SMILES string of the molecule is Cl.Cl.Cl.c1ccc2c(c1)[nH]c1ccccc12. The first kappa shape index (κ1) is 15.1. The van der Waals surface area contributed by atoms with Gasteiger partial charge in [-0.05, 0) is 12.1 Å². The molecule has 4 heteroatoms. The third-order valence-electron chi connectivity index (χ3n) is 2.41. The smallest absolute Gasteiger partial charge is 0.0464 e. The van der Waals surface area contributed by atoms with Gasteiger partial charge in [0.2, 0.25) is 0 Å². The first-order valence-corrected chi connectivity index (χ1v) is 4.40. The van der Waals surface area contributed by atoms with Gasteiger partial charge in [-0.25, -0.2) is 0 Å². The van der Waals surface area contributed by atoms with Gasteiger partial charge in [0.1, 0.15) is 0 Å². The van der Waals surface area contributed by atoms with Crippen molar-refractivity contribution in [2.24, 2.45) is 0 Å². The number of hydrogen-bond donors (Lipinski definition) is 1. The van der Waals surface area contributed by atoms with Gasteiger partial charge in [0.05, 0.1) is 0 Å². The summed E-state index contributed by atoms with van der Waals surface area (Å²) in [6.45, 7) is 0. The van der Waals surface area contributed by atoms with Crippen molar-refractivity contribution in [3.05, 3.63) is 48.5 Å². The Balaban J connectivity index is 0.000000750. The van der Waals surface area contributed by atoms with Gasteiger partial charge < -0.3 is 4.98 Å². The summed E-state index contributed by atoms with van der Waals surface area (Å²) in [5.74, 6) is 0. The molecule has 0 bridgehead atoms. The standard InChI is InChI=1S/C12H9N.3ClH/c1-3-7-11-9(5-1)10-6-2-4-8-12(10)13-11;;;/h1-8,13H;3*1H. The molecule has 0 aliphatic carbocycles. The third kappa shape index (κ3) is 2.27. The van der Waals surface area contributed by atoms with E-state index in [9.17, 15) is 0 Å². The molecule has 0 aliphatic heterocycles. The Kier molecular flexibility index (Phi) is 5.66. The number of nitrogens with one attached hydrogen (secondary N) is 1. The van der Waals surface area contributed by atoms with Crippen LogP contribution in [0.25, 0.3) is 21.8 Å². The van der Waals surface area contributed by atoms with Crippen molar-refractivity contribution in [1.82, 2.24) is 4.98 Å². The normalized spacial score (nSPS) is 9.00. The van der Waals surface area contributed by atoms with Crippen molar-refractivity contribution in [3.63, 3.8) is 0 Å². The fourth-order valence-electron chi connectivity index (χ4n) is 1.80. The quantitative estimate of drug-likeness (QED) is 0.618. The molecule has 16 heavy (non-hydrogen) atoms. The molecule has 0 unspecified atom stereocenters. The molecule has 1 N–H and O–H groups in total. The Morgan fingerprint density at radius 1 is 0.562 bits per heavy atom. The lowest BCUT2D eigenvalue weighted by atomic mass is 10.2. The lowest BCUT2D eigenvalue weighted by molar-refractivity contribution is 1.55. The van der Waals surface area contributed by atoms with E-state index in [2.05, 4.69) is 53.5 Å². The molecule has 0 radical (unpaired) electrons. The summed E-state index contributed by atoms with van der Waals surface area (Å²) in [5, 5.41) is 2.61. The Bertz CT molecular complexity index is 524. The van der Waals surface area contributed by atoms with E-state index in [4.69, 9.17) is 0 Å². The van der Waals surface area contributed by atoms with Gasteiger partial charge in [-0.15, -0.1) is 37.2 Å². The molecule has 0 atom stereocenters. The van der Waals surface area contributed by atoms with Gasteiger partial charge in [0.25, 0.3) is 0 Å². The summed E-state index contributed by atoms with van der Waals surface area (Å²) >= 11 is 0. The molecule has 0 spiro atoms. The minimum absolute atomic E-state index is 0. The average Bonchev–Trinajstić information content (AvgIpc) is 2.56. The number of benzene rings is 2. The highest BCUT2D eigenvalue weighted by molar-refractivity contribution is 6.06. The second-order valence-electron chi connectivity index (χ2n) is 3.22. The van der Waals surface area contributed by atoms with Crippen LogP contribution in [0.5, 0.6) is 0 Å². The van der Waals surface area contributed by atoms with Crippen LogP contribution in [0.1, 0.15) is 0 Å². The Hall–Kier alpha value is -0.890. The number of H-pyrrole nitrogens is 1. The van der Waals surface area contributed by atoms with E-state index in [1.165, 1.54) is 21.8 Å². The van der Waals surface area contributed by atoms with E-state index in [1.807, 2.05) is 0 Å². The molecule has 1 aromatic heterocycles. The van der Waals surface area contributed by atoms with Gasteiger partial charge in [0.15, 0.2) is 0 Å². The van der Waals surface area contributed by atoms with E-state index in [-0.39, 0.29) is 37.2 Å². The first-order chi connectivity index (χ1) is 6.45. The van der Waals surface area contributed by atoms with E-state index >= 15 is 0 Å². The number of hydrogen-bond acceptors (Lipinski definition) is 0. The molecular weight excluding hydrogens is 264 g/mol. The molecule has 86 valence electrons. The van der Waals surface area contributed by atoms with Crippen molar-refractivity contribution in [2.75, 3.05) is 0 Å². The second-order valence-corrected chi connectivity index (χ2v) is 3.22. The molecule has 3 rings (SSSR count). The predicted molar refractivity (Wildman–Crippen MR) is 77.5 cm³/mol. The molecule has 0 saturated heterocycles. The Labute approximate surface area is 112 Å². The number of aromatic amines is 1. The number of rotatable bonds is 0. The van der Waals surface area contributed by atoms with Crippen molar-refractivity contribution in [3.8, 4) is 0 Å². The molecule has 1 heterocycles. The highest BCUT2D eigenvalue weighted by atomic mass is 35.5. The maximum Gasteiger partial charge on any atom is 0.0464 e. The minimum Gasteiger partial charge on any atom is -0.355 e. The van der Waals surface area contributed by atoms with Crippen LogP contribution < -0.4 is 0 Å².